The summed E-state index contributed by atoms with van der Waals surface area (Å²) < 4.78 is 7.20. The van der Waals surface area contributed by atoms with Crippen molar-refractivity contribution in [2.45, 2.75) is 38.8 Å². The third-order valence-electron chi connectivity index (χ3n) is 8.58. The molecule has 4 aromatic heterocycles. The monoisotopic (exact) mass is 598 g/mol. The fourth-order valence-corrected chi connectivity index (χ4v) is 7.40. The molecule has 13 heteroatoms. The number of pyridine rings is 1. The highest BCUT2D eigenvalue weighted by Crippen LogP contribution is 2.41. The van der Waals surface area contributed by atoms with Crippen LogP contribution in [0.25, 0.3) is 27.5 Å². The van der Waals surface area contributed by atoms with Crippen LogP contribution in [0.4, 0.5) is 15.6 Å². The second kappa shape index (κ2) is 11.4. The molecule has 12 nitrogen and oxygen atoms in total. The van der Waals surface area contributed by atoms with E-state index in [0.29, 0.717) is 43.7 Å². The van der Waals surface area contributed by atoms with E-state index in [-0.39, 0.29) is 18.1 Å². The number of nitrogens with zero attached hydrogens (tertiary/aromatic N) is 8. The number of morpholine rings is 1. The van der Waals surface area contributed by atoms with E-state index in [0.717, 1.165) is 64.2 Å². The second-order valence-electron chi connectivity index (χ2n) is 11.8. The number of hydrogen-bond donors (Lipinski definition) is 2. The van der Waals surface area contributed by atoms with Crippen LogP contribution in [0.5, 0.6) is 0 Å². The van der Waals surface area contributed by atoms with Crippen LogP contribution in [0.15, 0.2) is 36.7 Å². The molecule has 0 spiro atoms. The van der Waals surface area contributed by atoms with Crippen molar-refractivity contribution in [3.05, 3.63) is 42.2 Å². The molecule has 0 aromatic carbocycles. The molecule has 3 fully saturated rings. The zero-order valence-electron chi connectivity index (χ0n) is 24.2. The molecule has 1 aliphatic carbocycles. The van der Waals surface area contributed by atoms with Crippen LogP contribution in [0.2, 0.25) is 0 Å². The van der Waals surface area contributed by atoms with E-state index in [9.17, 15) is 10.1 Å². The molecular weight excluding hydrogens is 564 g/mol. The van der Waals surface area contributed by atoms with Gasteiger partial charge in [-0.1, -0.05) is 11.3 Å². The minimum atomic E-state index is 0.0359. The predicted octanol–water partition coefficient (Wildman–Crippen LogP) is 3.86. The number of carbonyl (C=O) groups excluding carboxylic acids is 1. The van der Waals surface area contributed by atoms with E-state index in [1.54, 1.807) is 22.0 Å². The van der Waals surface area contributed by atoms with Crippen LogP contribution in [0.1, 0.15) is 32.3 Å². The van der Waals surface area contributed by atoms with Crippen molar-refractivity contribution >= 4 is 33.7 Å². The van der Waals surface area contributed by atoms with Gasteiger partial charge in [-0.3, -0.25) is 4.98 Å². The Morgan fingerprint density at radius 1 is 1.12 bits per heavy atom. The number of hydrogen-bond acceptors (Lipinski definition) is 10. The van der Waals surface area contributed by atoms with E-state index >= 15 is 0 Å². The largest absolute Gasteiger partial charge is 0.382 e. The van der Waals surface area contributed by atoms with E-state index < -0.39 is 0 Å². The predicted molar refractivity (Wildman–Crippen MR) is 164 cm³/mol. The van der Waals surface area contributed by atoms with Gasteiger partial charge < -0.3 is 25.2 Å². The van der Waals surface area contributed by atoms with Crippen LogP contribution >= 0.6 is 11.3 Å². The van der Waals surface area contributed by atoms with Crippen molar-refractivity contribution < 1.29 is 9.53 Å². The molecule has 7 rings (SSSR count). The van der Waals surface area contributed by atoms with Crippen molar-refractivity contribution in [2.75, 3.05) is 49.6 Å². The molecule has 3 aliphatic rings. The summed E-state index contributed by atoms with van der Waals surface area (Å²) in [6.07, 6.45) is 5.63. The molecule has 2 amide bonds. The minimum Gasteiger partial charge on any atom is -0.382 e. The maximum atomic E-state index is 12.9. The van der Waals surface area contributed by atoms with Gasteiger partial charge in [-0.25, -0.2) is 9.31 Å². The normalized spacial score (nSPS) is 21.8. The molecule has 4 aromatic rings. The van der Waals surface area contributed by atoms with Gasteiger partial charge in [0.05, 0.1) is 47.4 Å². The number of urea groups is 1. The highest BCUT2D eigenvalue weighted by molar-refractivity contribution is 7.18. The van der Waals surface area contributed by atoms with Crippen molar-refractivity contribution in [3.63, 3.8) is 0 Å². The Labute approximate surface area is 253 Å². The highest BCUT2D eigenvalue weighted by atomic mass is 32.1. The third-order valence-corrected chi connectivity index (χ3v) is 9.59. The van der Waals surface area contributed by atoms with Crippen molar-refractivity contribution in [1.29, 1.82) is 5.26 Å². The fourth-order valence-electron chi connectivity index (χ4n) is 6.52. The topological polar surface area (TPSA) is 137 Å². The Morgan fingerprint density at radius 3 is 2.65 bits per heavy atom. The van der Waals surface area contributed by atoms with Crippen molar-refractivity contribution in [2.24, 2.45) is 11.8 Å². The first-order valence-corrected chi connectivity index (χ1v) is 15.7. The molecule has 222 valence electrons. The van der Waals surface area contributed by atoms with Gasteiger partial charge in [0.1, 0.15) is 6.07 Å². The Bertz CT molecular complexity index is 1670. The van der Waals surface area contributed by atoms with Gasteiger partial charge in [-0.2, -0.15) is 10.4 Å². The Morgan fingerprint density at radius 2 is 1.91 bits per heavy atom. The van der Waals surface area contributed by atoms with Crippen molar-refractivity contribution in [1.82, 2.24) is 35.0 Å². The summed E-state index contributed by atoms with van der Waals surface area (Å²) in [5.74, 6) is 0.787. The van der Waals surface area contributed by atoms with Crippen LogP contribution in [0.3, 0.4) is 0 Å². The first-order chi connectivity index (χ1) is 21.0. The Balaban J connectivity index is 1.10. The van der Waals surface area contributed by atoms with Crippen LogP contribution in [-0.2, 0) is 4.74 Å². The van der Waals surface area contributed by atoms with Crippen LogP contribution in [0, 0.1) is 23.2 Å². The molecule has 2 aliphatic heterocycles. The van der Waals surface area contributed by atoms with Gasteiger partial charge >= 0.3 is 6.03 Å². The third kappa shape index (κ3) is 5.36. The summed E-state index contributed by atoms with van der Waals surface area (Å²) in [5, 5.41) is 31.5. The lowest BCUT2D eigenvalue weighted by atomic mass is 9.92. The van der Waals surface area contributed by atoms with Crippen LogP contribution < -0.4 is 15.5 Å². The average Bonchev–Trinajstić information content (AvgIpc) is 3.73. The van der Waals surface area contributed by atoms with Gasteiger partial charge in [0.25, 0.3) is 0 Å². The van der Waals surface area contributed by atoms with Crippen molar-refractivity contribution in [3.8, 4) is 28.0 Å². The maximum Gasteiger partial charge on any atom is 0.317 e. The van der Waals surface area contributed by atoms with E-state index in [4.69, 9.17) is 9.72 Å². The van der Waals surface area contributed by atoms with E-state index in [1.807, 2.05) is 35.4 Å². The standard InChI is InChI=1S/C30H34N10O2S/c1-18(2)34-24-12-25(26-6-5-22-11-19(13-31)14-33-40(22)26)32-15-23(24)28-36-37-30(43-28)39-16-20-3-4-21(17-39)27(20)35-29(41)38-7-9-42-10-8-38/h5-6,11-12,14-15,18,20-21,27H,3-4,7-10,16-17H2,1-2H3,(H,32,34)(H,35,41)/t20-,21+,27-. The second-order valence-corrected chi connectivity index (χ2v) is 12.7. The van der Waals surface area contributed by atoms with Gasteiger partial charge in [0.15, 0.2) is 5.01 Å². The quantitative estimate of drug-likeness (QED) is 0.339. The lowest BCUT2D eigenvalue weighted by Gasteiger charge is -2.39. The number of ether oxygens (including phenoxy) is 1. The summed E-state index contributed by atoms with van der Waals surface area (Å²) in [5.41, 5.74) is 4.80. The van der Waals surface area contributed by atoms with E-state index in [1.165, 1.54) is 0 Å². The highest BCUT2D eigenvalue weighted by Gasteiger charge is 2.44. The molecule has 2 saturated heterocycles. The lowest BCUT2D eigenvalue weighted by molar-refractivity contribution is 0.0515. The molecule has 6 heterocycles. The molecule has 3 atom stereocenters. The average molecular weight is 599 g/mol. The van der Waals surface area contributed by atoms with Crippen LogP contribution in [-0.4, -0.2) is 87.2 Å². The number of nitriles is 1. The molecule has 0 radical (unpaired) electrons. The first kappa shape index (κ1) is 27.5. The molecule has 2 N–H and O–H groups in total. The number of amides is 2. The summed E-state index contributed by atoms with van der Waals surface area (Å²) >= 11 is 1.58. The summed E-state index contributed by atoms with van der Waals surface area (Å²) in [6, 6.07) is 10.3. The lowest BCUT2D eigenvalue weighted by Crippen LogP contribution is -2.56. The number of nitrogens with one attached hydrogen (secondary N) is 2. The van der Waals surface area contributed by atoms with Gasteiger partial charge in [0.2, 0.25) is 5.13 Å². The zero-order valence-corrected chi connectivity index (χ0v) is 25.0. The smallest absolute Gasteiger partial charge is 0.317 e. The first-order valence-electron chi connectivity index (χ1n) is 14.8. The number of rotatable bonds is 6. The maximum absolute atomic E-state index is 12.9. The number of piperidine rings is 1. The Kier molecular flexibility index (Phi) is 7.32. The molecule has 2 bridgehead atoms. The summed E-state index contributed by atoms with van der Waals surface area (Å²) in [6.45, 7) is 8.43. The number of aromatic nitrogens is 5. The number of carbonyl (C=O) groups is 1. The summed E-state index contributed by atoms with van der Waals surface area (Å²) in [4.78, 5) is 21.9. The SMILES string of the molecule is CC(C)Nc1cc(-c2ccc3cc(C#N)cnn23)ncc1-c1nnc(N2C[C@H]3CC[C@@H](C2)[C@@H]3NC(=O)N2CCOCC2)s1. The van der Waals surface area contributed by atoms with Gasteiger partial charge in [-0.15, -0.1) is 10.2 Å². The molecular formula is C30H34N10O2S. The van der Waals surface area contributed by atoms with Gasteiger partial charge in [-0.05, 0) is 62.8 Å². The number of anilines is 2. The minimum absolute atomic E-state index is 0.0359. The Hall–Kier alpha value is -4.28. The van der Waals surface area contributed by atoms with E-state index in [2.05, 4.69) is 50.7 Å². The summed E-state index contributed by atoms with van der Waals surface area (Å²) in [7, 11) is 0. The molecule has 0 unspecified atom stereocenters. The molecule has 43 heavy (non-hydrogen) atoms. The van der Waals surface area contributed by atoms with Gasteiger partial charge in [0, 0.05) is 50.1 Å². The zero-order chi connectivity index (χ0) is 29.5. The fraction of sp³-hybridized carbons (Fsp3) is 0.467. The number of fused-ring (bicyclic) bond motifs is 3. The molecule has 1 saturated carbocycles.